The monoisotopic (exact) mass is 335 g/mol. The highest BCUT2D eigenvalue weighted by molar-refractivity contribution is 8.25. The molecular weight excluding hydrogens is 326 g/mol. The van der Waals surface area contributed by atoms with E-state index in [9.17, 15) is 10.0 Å². The van der Waals surface area contributed by atoms with Gasteiger partial charge in [-0.3, -0.25) is 21.1 Å². The van der Waals surface area contributed by atoms with Crippen LogP contribution in [0.4, 0.5) is 5.69 Å². The van der Waals surface area contributed by atoms with E-state index < -0.39 is 10.5 Å². The molecule has 0 saturated heterocycles. The second-order valence-corrected chi connectivity index (χ2v) is 5.71. The highest BCUT2D eigenvalue weighted by Gasteiger charge is 2.34. The van der Waals surface area contributed by atoms with Crippen LogP contribution < -0.4 is 33.2 Å². The summed E-state index contributed by atoms with van der Waals surface area (Å²) in [6, 6.07) is 7.10. The van der Waals surface area contributed by atoms with E-state index in [1.165, 1.54) is 11.8 Å². The van der Waals surface area contributed by atoms with Crippen molar-refractivity contribution >= 4 is 40.3 Å². The van der Waals surface area contributed by atoms with E-state index in [0.29, 0.717) is 10.8 Å². The van der Waals surface area contributed by atoms with E-state index in [-0.39, 0.29) is 22.1 Å². The summed E-state index contributed by atoms with van der Waals surface area (Å²) in [5, 5.41) is 15.8. The van der Waals surface area contributed by atoms with Crippen molar-refractivity contribution in [3.05, 3.63) is 24.3 Å². The van der Waals surface area contributed by atoms with Crippen LogP contribution in [0.15, 0.2) is 29.2 Å². The van der Waals surface area contributed by atoms with Crippen LogP contribution in [0.3, 0.4) is 0 Å². The van der Waals surface area contributed by atoms with Gasteiger partial charge < -0.3 is 17.0 Å². The first kappa shape index (κ1) is 14.4. The van der Waals surface area contributed by atoms with E-state index >= 15 is 0 Å². The van der Waals surface area contributed by atoms with Crippen LogP contribution in [-0.2, 0) is 4.79 Å². The summed E-state index contributed by atoms with van der Waals surface area (Å²) in [6.07, 6.45) is 0. The quantitative estimate of drug-likeness (QED) is 0.283. The highest BCUT2D eigenvalue weighted by atomic mass is 79.9. The molecule has 0 aliphatic carbocycles. The molecule has 0 radical (unpaired) electrons. The summed E-state index contributed by atoms with van der Waals surface area (Å²) >= 11 is 2.36. The summed E-state index contributed by atoms with van der Waals surface area (Å²) in [4.78, 5) is 12.6. The lowest BCUT2D eigenvalue weighted by atomic mass is 10.3. The fraction of sp³-hybridized carbons (Fsp3) is 0.111. The molecule has 1 atom stereocenters. The van der Waals surface area contributed by atoms with Crippen molar-refractivity contribution in [3.63, 3.8) is 0 Å². The maximum Gasteiger partial charge on any atom is 0.301 e. The summed E-state index contributed by atoms with van der Waals surface area (Å²) in [6.45, 7) is 0. The minimum absolute atomic E-state index is 0. The first-order chi connectivity index (χ1) is 7.59. The Labute approximate surface area is 117 Å². The Kier molecular flexibility index (Phi) is 4.87. The van der Waals surface area contributed by atoms with Gasteiger partial charge in [-0.05, 0) is 23.9 Å². The van der Waals surface area contributed by atoms with Gasteiger partial charge in [-0.1, -0.05) is 23.9 Å². The van der Waals surface area contributed by atoms with E-state index in [2.05, 4.69) is 0 Å². The van der Waals surface area contributed by atoms with E-state index in [0.717, 1.165) is 16.7 Å². The molecule has 1 aromatic rings. The summed E-state index contributed by atoms with van der Waals surface area (Å²) in [5.41, 5.74) is 5.83. The fourth-order valence-electron chi connectivity index (χ4n) is 1.31. The number of para-hydroxylation sites is 1. The van der Waals surface area contributed by atoms with Crippen LogP contribution in [-0.4, -0.2) is 20.9 Å². The lowest BCUT2D eigenvalue weighted by Gasteiger charge is -2.27. The number of carbonyl (C=O) groups excluding carboxylic acids is 1. The van der Waals surface area contributed by atoms with E-state index in [1.54, 1.807) is 12.1 Å². The van der Waals surface area contributed by atoms with Crippen molar-refractivity contribution in [1.29, 1.82) is 0 Å². The Morgan fingerprint density at radius 1 is 1.53 bits per heavy atom. The molecule has 5 N–H and O–H groups in total. The zero-order chi connectivity index (χ0) is 11.7. The molecular formula is C9H10BrN3O2S2. The zero-order valence-corrected chi connectivity index (χ0v) is 11.8. The fourth-order valence-corrected chi connectivity index (χ4v) is 3.46. The van der Waals surface area contributed by atoms with Crippen molar-refractivity contribution < 1.29 is 32.4 Å². The minimum Gasteiger partial charge on any atom is -1.00 e. The van der Waals surface area contributed by atoms with Gasteiger partial charge in [0.1, 0.15) is 4.58 Å². The number of hydrogen-bond donors (Lipinski definition) is 3. The largest absolute Gasteiger partial charge is 1.00 e. The predicted molar refractivity (Wildman–Crippen MR) is 64.1 cm³/mol. The number of benzene rings is 1. The van der Waals surface area contributed by atoms with Crippen LogP contribution in [0.2, 0.25) is 0 Å². The molecule has 1 aliphatic rings. The zero-order valence-electron chi connectivity index (χ0n) is 8.54. The van der Waals surface area contributed by atoms with Gasteiger partial charge in [-0.15, -0.1) is 0 Å². The number of hydroxylamine groups is 1. The molecule has 1 heterocycles. The maximum atomic E-state index is 11.7. The SMILES string of the molecule is NC(=[NH2+])SC1Sc2ccccc2N(O)C1=O.[Br-]. The van der Waals surface area contributed by atoms with Crippen LogP contribution in [0.5, 0.6) is 0 Å². The van der Waals surface area contributed by atoms with Crippen molar-refractivity contribution in [1.82, 2.24) is 0 Å². The maximum absolute atomic E-state index is 11.7. The summed E-state index contributed by atoms with van der Waals surface area (Å²) in [7, 11) is 0. The van der Waals surface area contributed by atoms with Crippen molar-refractivity contribution in [3.8, 4) is 0 Å². The minimum atomic E-state index is -0.537. The number of carbonyl (C=O) groups is 1. The molecule has 1 unspecified atom stereocenters. The number of anilines is 1. The molecule has 5 nitrogen and oxygen atoms in total. The normalized spacial score (nSPS) is 18.3. The molecule has 0 aromatic heterocycles. The van der Waals surface area contributed by atoms with Crippen LogP contribution in [0.1, 0.15) is 0 Å². The molecule has 92 valence electrons. The number of amidine groups is 1. The third-order valence-electron chi connectivity index (χ3n) is 1.98. The third kappa shape index (κ3) is 2.95. The Balaban J connectivity index is 0.00000144. The summed E-state index contributed by atoms with van der Waals surface area (Å²) in [5.74, 6) is -0.429. The van der Waals surface area contributed by atoms with Gasteiger partial charge in [0, 0.05) is 4.90 Å². The summed E-state index contributed by atoms with van der Waals surface area (Å²) < 4.78 is -0.537. The molecule has 1 aromatic carbocycles. The second-order valence-electron chi connectivity index (χ2n) is 3.09. The molecule has 0 bridgehead atoms. The third-order valence-corrected chi connectivity index (χ3v) is 4.26. The first-order valence-electron chi connectivity index (χ1n) is 4.42. The van der Waals surface area contributed by atoms with E-state index in [1.807, 2.05) is 12.1 Å². The van der Waals surface area contributed by atoms with Crippen LogP contribution >= 0.6 is 23.5 Å². The molecule has 8 heteroatoms. The van der Waals surface area contributed by atoms with Gasteiger partial charge in [0.25, 0.3) is 5.91 Å². The average Bonchev–Trinajstić information content (AvgIpc) is 2.25. The molecule has 1 aliphatic heterocycles. The number of thioether (sulfide) groups is 2. The molecule has 2 rings (SSSR count). The van der Waals surface area contributed by atoms with Gasteiger partial charge in [0.2, 0.25) is 0 Å². The lowest BCUT2D eigenvalue weighted by molar-refractivity contribution is -0.122. The number of nitrogens with zero attached hydrogens (tertiary/aromatic N) is 1. The molecule has 1 amide bonds. The number of amides is 1. The smallest absolute Gasteiger partial charge is 0.301 e. The lowest BCUT2D eigenvalue weighted by Crippen LogP contribution is -3.00. The first-order valence-corrected chi connectivity index (χ1v) is 6.18. The topological polar surface area (TPSA) is 92.2 Å². The Morgan fingerprint density at radius 3 is 2.82 bits per heavy atom. The molecule has 0 saturated carbocycles. The number of fused-ring (bicyclic) bond motifs is 1. The average molecular weight is 336 g/mol. The predicted octanol–water partition coefficient (Wildman–Crippen LogP) is -3.35. The number of halogens is 1. The van der Waals surface area contributed by atoms with E-state index in [4.69, 9.17) is 11.1 Å². The van der Waals surface area contributed by atoms with Gasteiger partial charge in [0.15, 0.2) is 0 Å². The number of rotatable bonds is 1. The number of nitrogens with two attached hydrogens (primary N) is 2. The van der Waals surface area contributed by atoms with Gasteiger partial charge >= 0.3 is 5.17 Å². The Bertz CT molecular complexity index is 458. The Hall–Kier alpha value is -0.700. The molecule has 0 spiro atoms. The van der Waals surface area contributed by atoms with Crippen LogP contribution in [0.25, 0.3) is 0 Å². The molecule has 0 fully saturated rings. The Morgan fingerprint density at radius 2 is 2.18 bits per heavy atom. The van der Waals surface area contributed by atoms with Crippen molar-refractivity contribution in [2.45, 2.75) is 9.48 Å². The van der Waals surface area contributed by atoms with Gasteiger partial charge in [-0.2, -0.15) is 5.06 Å². The van der Waals surface area contributed by atoms with Crippen molar-refractivity contribution in [2.24, 2.45) is 5.73 Å². The standard InChI is InChI=1S/C9H9N3O2S2.BrH/c10-9(11)16-8-7(13)12(14)5-3-1-2-4-6(5)15-8;/h1-4,8,14H,(H3,10,11);1H. The van der Waals surface area contributed by atoms with Crippen molar-refractivity contribution in [2.75, 3.05) is 5.06 Å². The number of hydrogen-bond acceptors (Lipinski definition) is 4. The van der Waals surface area contributed by atoms with Gasteiger partial charge in [-0.25, -0.2) is 0 Å². The van der Waals surface area contributed by atoms with Crippen LogP contribution in [0, 0.1) is 0 Å². The van der Waals surface area contributed by atoms with Gasteiger partial charge in [0.05, 0.1) is 5.69 Å². The second kappa shape index (κ2) is 5.76. The highest BCUT2D eigenvalue weighted by Crippen LogP contribution is 2.41. The molecule has 17 heavy (non-hydrogen) atoms.